The van der Waals surface area contributed by atoms with Gasteiger partial charge in [0.2, 0.25) is 0 Å². The van der Waals surface area contributed by atoms with Gasteiger partial charge in [0, 0.05) is 6.07 Å². The zero-order chi connectivity index (χ0) is 16.6. The molecule has 11 heteroatoms. The van der Waals surface area contributed by atoms with Gasteiger partial charge in [-0.1, -0.05) is 0 Å². The van der Waals surface area contributed by atoms with E-state index in [0.29, 0.717) is 7.11 Å². The van der Waals surface area contributed by atoms with E-state index in [1.54, 1.807) is 0 Å². The first-order valence-electron chi connectivity index (χ1n) is 4.94. The maximum absolute atomic E-state index is 12.8. The van der Waals surface area contributed by atoms with Gasteiger partial charge < -0.3 is 4.74 Å². The Morgan fingerprint density at radius 1 is 1.14 bits per heavy atom. The third-order valence-electron chi connectivity index (χ3n) is 2.34. The quantitative estimate of drug-likeness (QED) is 0.363. The first kappa shape index (κ1) is 16.7. The van der Waals surface area contributed by atoms with E-state index in [0.717, 1.165) is 0 Å². The molecule has 0 aromatic heterocycles. The number of nitrogens with zero attached hydrogens (tertiary/aromatic N) is 1. The predicted molar refractivity (Wildman–Crippen MR) is 54.4 cm³/mol. The molecule has 116 valence electrons. The van der Waals surface area contributed by atoms with Crippen molar-refractivity contribution in [2.24, 2.45) is 0 Å². The van der Waals surface area contributed by atoms with Gasteiger partial charge in [-0.25, -0.2) is 4.79 Å². The standard InChI is InChI=1S/C10H5F6NO4/c1-21-8(18)7-5(10(14,15)16)2-4(9(11,12)13)3-6(7)17(19)20/h2-3H,1H3. The highest BCUT2D eigenvalue weighted by Crippen LogP contribution is 2.41. The lowest BCUT2D eigenvalue weighted by molar-refractivity contribution is -0.385. The summed E-state index contributed by atoms with van der Waals surface area (Å²) < 4.78 is 79.8. The average molecular weight is 317 g/mol. The topological polar surface area (TPSA) is 69.4 Å². The van der Waals surface area contributed by atoms with Crippen molar-refractivity contribution >= 4 is 11.7 Å². The normalized spacial score (nSPS) is 12.1. The minimum Gasteiger partial charge on any atom is -0.465 e. The molecule has 0 aliphatic heterocycles. The molecule has 0 N–H and O–H groups in total. The van der Waals surface area contributed by atoms with Crippen molar-refractivity contribution in [1.29, 1.82) is 0 Å². The van der Waals surface area contributed by atoms with Crippen LogP contribution in [0, 0.1) is 10.1 Å². The van der Waals surface area contributed by atoms with E-state index in [1.165, 1.54) is 0 Å². The number of halogens is 6. The second-order valence-electron chi connectivity index (χ2n) is 3.66. The lowest BCUT2D eigenvalue weighted by Gasteiger charge is -2.15. The smallest absolute Gasteiger partial charge is 0.417 e. The molecule has 0 saturated carbocycles. The number of nitro groups is 1. The summed E-state index contributed by atoms with van der Waals surface area (Å²) in [6.45, 7) is 0. The third kappa shape index (κ3) is 3.41. The van der Waals surface area contributed by atoms with Gasteiger partial charge in [-0.2, -0.15) is 26.3 Å². The van der Waals surface area contributed by atoms with Gasteiger partial charge in [0.25, 0.3) is 5.69 Å². The Labute approximate surface area is 112 Å². The summed E-state index contributed by atoms with van der Waals surface area (Å²) in [5, 5.41) is 10.7. The molecule has 0 amide bonds. The molecule has 0 unspecified atom stereocenters. The zero-order valence-electron chi connectivity index (χ0n) is 10.0. The minimum atomic E-state index is -5.41. The summed E-state index contributed by atoms with van der Waals surface area (Å²) in [7, 11) is 0.643. The first-order chi connectivity index (χ1) is 9.39. The summed E-state index contributed by atoms with van der Waals surface area (Å²) >= 11 is 0. The van der Waals surface area contributed by atoms with Crippen LogP contribution < -0.4 is 0 Å². The maximum atomic E-state index is 12.8. The predicted octanol–water partition coefficient (Wildman–Crippen LogP) is 3.42. The van der Waals surface area contributed by atoms with Crippen molar-refractivity contribution in [3.63, 3.8) is 0 Å². The Morgan fingerprint density at radius 2 is 1.67 bits per heavy atom. The summed E-state index contributed by atoms with van der Waals surface area (Å²) in [5.41, 5.74) is -7.20. The van der Waals surface area contributed by atoms with Gasteiger partial charge in [0.15, 0.2) is 0 Å². The van der Waals surface area contributed by atoms with Crippen molar-refractivity contribution in [2.45, 2.75) is 12.4 Å². The van der Waals surface area contributed by atoms with E-state index in [-0.39, 0.29) is 12.1 Å². The van der Waals surface area contributed by atoms with Crippen LogP contribution in [-0.2, 0) is 17.1 Å². The second kappa shape index (κ2) is 5.22. The molecule has 0 fully saturated rings. The highest BCUT2D eigenvalue weighted by Gasteiger charge is 2.44. The molecule has 0 saturated heterocycles. The highest BCUT2D eigenvalue weighted by atomic mass is 19.4. The molecule has 0 heterocycles. The van der Waals surface area contributed by atoms with Crippen LogP contribution in [0.5, 0.6) is 0 Å². The number of benzene rings is 1. The molecule has 0 bridgehead atoms. The van der Waals surface area contributed by atoms with E-state index >= 15 is 0 Å². The largest absolute Gasteiger partial charge is 0.465 e. The highest BCUT2D eigenvalue weighted by molar-refractivity contribution is 5.96. The molecule has 21 heavy (non-hydrogen) atoms. The molecular weight excluding hydrogens is 312 g/mol. The van der Waals surface area contributed by atoms with Crippen LogP contribution in [0.1, 0.15) is 21.5 Å². The van der Waals surface area contributed by atoms with Crippen molar-refractivity contribution < 1.29 is 40.8 Å². The fourth-order valence-electron chi connectivity index (χ4n) is 1.47. The van der Waals surface area contributed by atoms with Crippen LogP contribution in [0.25, 0.3) is 0 Å². The minimum absolute atomic E-state index is 0.151. The van der Waals surface area contributed by atoms with Crippen LogP contribution in [-0.4, -0.2) is 18.0 Å². The SMILES string of the molecule is COC(=O)c1c([N+](=O)[O-])cc(C(F)(F)F)cc1C(F)(F)F. The second-order valence-corrected chi connectivity index (χ2v) is 3.66. The number of esters is 1. The number of ether oxygens (including phenoxy) is 1. The summed E-state index contributed by atoms with van der Waals surface area (Å²) in [6.07, 6.45) is -10.7. The maximum Gasteiger partial charge on any atom is 0.417 e. The average Bonchev–Trinajstić information content (AvgIpc) is 2.33. The lowest BCUT2D eigenvalue weighted by atomic mass is 10.0. The van der Waals surface area contributed by atoms with E-state index in [2.05, 4.69) is 4.74 Å². The molecular formula is C10H5F6NO4. The molecule has 0 aliphatic carbocycles. The van der Waals surface area contributed by atoms with Crippen molar-refractivity contribution in [3.05, 3.63) is 38.9 Å². The van der Waals surface area contributed by atoms with Crippen molar-refractivity contribution in [3.8, 4) is 0 Å². The third-order valence-corrected chi connectivity index (χ3v) is 2.34. The number of hydrogen-bond acceptors (Lipinski definition) is 4. The monoisotopic (exact) mass is 317 g/mol. The van der Waals surface area contributed by atoms with Crippen molar-refractivity contribution in [1.82, 2.24) is 0 Å². The number of hydrogen-bond donors (Lipinski definition) is 0. The lowest BCUT2D eigenvalue weighted by Crippen LogP contribution is -2.19. The Kier molecular flexibility index (Phi) is 4.16. The molecule has 0 aliphatic rings. The fraction of sp³-hybridized carbons (Fsp3) is 0.300. The number of nitro benzene ring substituents is 1. The molecule has 1 aromatic rings. The molecule has 0 atom stereocenters. The number of rotatable bonds is 2. The van der Waals surface area contributed by atoms with Gasteiger partial charge in [0.05, 0.1) is 23.2 Å². The fourth-order valence-corrected chi connectivity index (χ4v) is 1.47. The van der Waals surface area contributed by atoms with Crippen LogP contribution >= 0.6 is 0 Å². The zero-order valence-corrected chi connectivity index (χ0v) is 10.0. The molecule has 1 aromatic carbocycles. The molecule has 1 rings (SSSR count). The van der Waals surface area contributed by atoms with Crippen LogP contribution in [0.2, 0.25) is 0 Å². The molecule has 0 radical (unpaired) electrons. The van der Waals surface area contributed by atoms with Crippen LogP contribution in [0.3, 0.4) is 0 Å². The van der Waals surface area contributed by atoms with E-state index in [4.69, 9.17) is 0 Å². The Morgan fingerprint density at radius 3 is 2.00 bits per heavy atom. The first-order valence-corrected chi connectivity index (χ1v) is 4.94. The van der Waals surface area contributed by atoms with Gasteiger partial charge in [-0.05, 0) is 6.07 Å². The van der Waals surface area contributed by atoms with Crippen molar-refractivity contribution in [2.75, 3.05) is 7.11 Å². The Hall–Kier alpha value is -2.33. The summed E-state index contributed by atoms with van der Waals surface area (Å²) in [4.78, 5) is 20.4. The Balaban J connectivity index is 3.84. The Bertz CT molecular complexity index is 592. The van der Waals surface area contributed by atoms with E-state index < -0.39 is 45.6 Å². The van der Waals surface area contributed by atoms with Gasteiger partial charge in [0.1, 0.15) is 5.56 Å². The van der Waals surface area contributed by atoms with Gasteiger partial charge >= 0.3 is 18.3 Å². The number of methoxy groups -OCH3 is 1. The van der Waals surface area contributed by atoms with Crippen LogP contribution in [0.4, 0.5) is 32.0 Å². The van der Waals surface area contributed by atoms with Crippen LogP contribution in [0.15, 0.2) is 12.1 Å². The van der Waals surface area contributed by atoms with Gasteiger partial charge in [-0.15, -0.1) is 0 Å². The van der Waals surface area contributed by atoms with E-state index in [1.807, 2.05) is 0 Å². The van der Waals surface area contributed by atoms with E-state index in [9.17, 15) is 41.3 Å². The summed E-state index contributed by atoms with van der Waals surface area (Å²) in [5.74, 6) is -1.76. The molecule has 5 nitrogen and oxygen atoms in total. The summed E-state index contributed by atoms with van der Waals surface area (Å²) in [6, 6.07) is -0.527. The number of carbonyl (C=O) groups is 1. The molecule has 0 spiro atoms. The number of alkyl halides is 6. The number of carbonyl (C=O) groups excluding carboxylic acids is 1. The van der Waals surface area contributed by atoms with Gasteiger partial charge in [-0.3, -0.25) is 10.1 Å².